The molecule has 2 aromatic heterocycles. The fraction of sp³-hybridized carbons (Fsp3) is 0.448. The van der Waals surface area contributed by atoms with Crippen LogP contribution in [0.25, 0.3) is 22.3 Å². The number of halogens is 1. The normalized spacial score (nSPS) is 22.2. The number of pyridine rings is 2. The van der Waals surface area contributed by atoms with Crippen LogP contribution in [0.15, 0.2) is 16.9 Å². The Bertz CT molecular complexity index is 1640. The summed E-state index contributed by atoms with van der Waals surface area (Å²) >= 11 is 0. The number of amides is 1. The summed E-state index contributed by atoms with van der Waals surface area (Å²) in [6.45, 7) is 5.10. The van der Waals surface area contributed by atoms with Crippen LogP contribution < -0.4 is 5.56 Å². The van der Waals surface area contributed by atoms with Crippen LogP contribution in [0.1, 0.15) is 72.5 Å². The molecule has 2 N–H and O–H groups in total. The largest absolute Gasteiger partial charge is 0.384 e. The van der Waals surface area contributed by atoms with Crippen molar-refractivity contribution >= 4 is 22.6 Å². The average Bonchev–Trinajstić information content (AvgIpc) is 3.27. The molecule has 0 spiro atoms. The number of rotatable bonds is 3. The Morgan fingerprint density at radius 2 is 1.97 bits per heavy atom. The van der Waals surface area contributed by atoms with Gasteiger partial charge in [-0.2, -0.15) is 0 Å². The maximum atomic E-state index is 15.0. The topological polar surface area (TPSA) is 113 Å². The number of aliphatic hydroxyl groups excluding tert-OH is 1. The zero-order chi connectivity index (χ0) is 27.3. The van der Waals surface area contributed by atoms with E-state index in [9.17, 15) is 24.6 Å². The number of carbonyl (C=O) groups excluding carboxylic acids is 2. The average molecular weight is 520 g/mol. The van der Waals surface area contributed by atoms with Gasteiger partial charge in [0, 0.05) is 41.6 Å². The highest BCUT2D eigenvalue weighted by Gasteiger charge is 2.44. The van der Waals surface area contributed by atoms with Crippen LogP contribution in [-0.4, -0.2) is 49.5 Å². The Morgan fingerprint density at radius 3 is 2.66 bits per heavy atom. The van der Waals surface area contributed by atoms with E-state index in [4.69, 9.17) is 4.98 Å². The third-order valence-electron chi connectivity index (χ3n) is 8.90. The molecule has 1 aliphatic heterocycles. The van der Waals surface area contributed by atoms with Crippen LogP contribution in [0.4, 0.5) is 4.39 Å². The lowest BCUT2D eigenvalue weighted by molar-refractivity contribution is -0.140. The second kappa shape index (κ2) is 8.28. The minimum atomic E-state index is -1.74. The van der Waals surface area contributed by atoms with Crippen molar-refractivity contribution in [2.24, 2.45) is 0 Å². The summed E-state index contributed by atoms with van der Waals surface area (Å²) < 4.78 is 16.6. The second-order valence-electron chi connectivity index (χ2n) is 10.8. The van der Waals surface area contributed by atoms with E-state index in [1.165, 1.54) is 17.9 Å². The van der Waals surface area contributed by atoms with Gasteiger partial charge in [0.25, 0.3) is 11.5 Å². The molecule has 3 heterocycles. The van der Waals surface area contributed by atoms with Crippen molar-refractivity contribution in [1.29, 1.82) is 0 Å². The Labute approximate surface area is 218 Å². The summed E-state index contributed by atoms with van der Waals surface area (Å²) in [7, 11) is 1.65. The Balaban J connectivity index is 1.67. The molecule has 0 radical (unpaired) electrons. The molecule has 2 aliphatic carbocycles. The number of aryl methyl sites for hydroxylation is 1. The molecule has 38 heavy (non-hydrogen) atoms. The molecule has 6 rings (SSSR count). The van der Waals surface area contributed by atoms with E-state index in [0.717, 1.165) is 22.1 Å². The summed E-state index contributed by atoms with van der Waals surface area (Å²) in [6, 6.07) is 2.69. The fourth-order valence-electron chi connectivity index (χ4n) is 6.75. The van der Waals surface area contributed by atoms with Gasteiger partial charge in [0.2, 0.25) is 0 Å². The van der Waals surface area contributed by atoms with Crippen molar-refractivity contribution in [1.82, 2.24) is 14.5 Å². The van der Waals surface area contributed by atoms with Crippen LogP contribution in [0.3, 0.4) is 0 Å². The van der Waals surface area contributed by atoms with Crippen LogP contribution in [0.5, 0.6) is 0 Å². The van der Waals surface area contributed by atoms with Crippen molar-refractivity contribution in [3.63, 3.8) is 0 Å². The van der Waals surface area contributed by atoms with E-state index in [-0.39, 0.29) is 43.0 Å². The van der Waals surface area contributed by atoms with Gasteiger partial charge in [0.05, 0.1) is 29.5 Å². The number of Topliss-reactive ketones (excluding diaryl/α,β-unsaturated/α-hetero) is 1. The SMILES string of the molecule is CC[C@@]1(O)C(=O)CCc2c1cc1n(c2=O)Cc2c-1nc1cc(F)c(C)c3c1c2[C@@H](N(C)C(=O)[C@@H](C)O)CC3. The predicted octanol–water partition coefficient (Wildman–Crippen LogP) is 2.81. The van der Waals surface area contributed by atoms with Crippen molar-refractivity contribution < 1.29 is 24.2 Å². The first-order valence-corrected chi connectivity index (χ1v) is 13.1. The van der Waals surface area contributed by atoms with Gasteiger partial charge in [-0.1, -0.05) is 6.92 Å². The minimum absolute atomic E-state index is 0.0997. The zero-order valence-corrected chi connectivity index (χ0v) is 21.9. The number of benzene rings is 1. The molecular weight excluding hydrogens is 489 g/mol. The van der Waals surface area contributed by atoms with Gasteiger partial charge in [-0.15, -0.1) is 0 Å². The van der Waals surface area contributed by atoms with E-state index in [1.807, 2.05) is 0 Å². The van der Waals surface area contributed by atoms with Gasteiger partial charge >= 0.3 is 0 Å². The van der Waals surface area contributed by atoms with Gasteiger partial charge < -0.3 is 19.7 Å². The van der Waals surface area contributed by atoms with Gasteiger partial charge in [0.1, 0.15) is 17.5 Å². The Hall–Kier alpha value is -3.43. The summed E-state index contributed by atoms with van der Waals surface area (Å²) in [4.78, 5) is 45.7. The molecule has 1 aromatic carbocycles. The maximum Gasteiger partial charge on any atom is 0.254 e. The van der Waals surface area contributed by atoms with E-state index in [1.54, 1.807) is 31.5 Å². The number of carbonyl (C=O) groups is 2. The van der Waals surface area contributed by atoms with E-state index in [0.29, 0.717) is 46.4 Å². The quantitative estimate of drug-likeness (QED) is 0.431. The number of ketones is 1. The van der Waals surface area contributed by atoms with Crippen molar-refractivity contribution in [2.75, 3.05) is 7.05 Å². The monoisotopic (exact) mass is 519 g/mol. The molecule has 0 bridgehead atoms. The van der Waals surface area contributed by atoms with Crippen LogP contribution >= 0.6 is 0 Å². The Morgan fingerprint density at radius 1 is 1.24 bits per heavy atom. The maximum absolute atomic E-state index is 15.0. The second-order valence-corrected chi connectivity index (χ2v) is 10.8. The summed E-state index contributed by atoms with van der Waals surface area (Å²) in [6.07, 6.45) is 0.399. The lowest BCUT2D eigenvalue weighted by Gasteiger charge is -2.35. The standard InChI is InChI=1S/C29H30FN3O5/c1-5-29(38)18-10-22-26-17(12-33(22)28(37)16(18)7-9-23(29)35)25-21(32(4)27(36)14(3)34)8-6-15-13(2)19(30)11-20(31-26)24(15)25/h10-11,14,21,34,38H,5-9,12H2,1-4H3/t14-,21+,29+/m1/s1. The molecule has 1 amide bonds. The lowest BCUT2D eigenvalue weighted by atomic mass is 9.77. The summed E-state index contributed by atoms with van der Waals surface area (Å²) in [5.41, 5.74) is 3.11. The van der Waals surface area contributed by atoms with Crippen molar-refractivity contribution in [3.8, 4) is 11.4 Å². The molecule has 0 fully saturated rings. The number of likely N-dealkylation sites (N-methyl/N-ethyl adjacent to an activating group) is 1. The molecule has 3 atom stereocenters. The number of hydrogen-bond donors (Lipinski definition) is 2. The number of aliphatic hydroxyl groups is 2. The third kappa shape index (κ3) is 3.15. The fourth-order valence-corrected chi connectivity index (χ4v) is 6.75. The molecule has 9 heteroatoms. The molecule has 0 unspecified atom stereocenters. The first-order valence-electron chi connectivity index (χ1n) is 13.1. The molecule has 3 aromatic rings. The number of nitrogens with zero attached hydrogens (tertiary/aromatic N) is 3. The van der Waals surface area contributed by atoms with E-state index < -0.39 is 23.7 Å². The molecule has 0 saturated carbocycles. The molecule has 8 nitrogen and oxygen atoms in total. The summed E-state index contributed by atoms with van der Waals surface area (Å²) in [5, 5.41) is 22.1. The van der Waals surface area contributed by atoms with Gasteiger partial charge in [-0.25, -0.2) is 9.37 Å². The highest BCUT2D eigenvalue weighted by atomic mass is 19.1. The molecule has 0 saturated heterocycles. The minimum Gasteiger partial charge on any atom is -0.384 e. The van der Waals surface area contributed by atoms with Crippen LogP contribution in [-0.2, 0) is 34.6 Å². The van der Waals surface area contributed by atoms with Crippen molar-refractivity contribution in [3.05, 3.63) is 61.7 Å². The lowest BCUT2D eigenvalue weighted by Crippen LogP contribution is -2.43. The highest BCUT2D eigenvalue weighted by molar-refractivity contribution is 5.94. The van der Waals surface area contributed by atoms with E-state index in [2.05, 4.69) is 0 Å². The zero-order valence-electron chi connectivity index (χ0n) is 21.9. The van der Waals surface area contributed by atoms with Gasteiger partial charge in [0.15, 0.2) is 5.78 Å². The van der Waals surface area contributed by atoms with E-state index >= 15 is 4.39 Å². The molecular formula is C29H30FN3O5. The van der Waals surface area contributed by atoms with Crippen LogP contribution in [0.2, 0.25) is 0 Å². The smallest absolute Gasteiger partial charge is 0.254 e. The first-order chi connectivity index (χ1) is 18.0. The molecule has 198 valence electrons. The number of fused-ring (bicyclic) bond motifs is 5. The van der Waals surface area contributed by atoms with Crippen LogP contribution in [0, 0.1) is 12.7 Å². The Kier molecular flexibility index (Phi) is 5.42. The first kappa shape index (κ1) is 24.9. The van der Waals surface area contributed by atoms with Gasteiger partial charge in [-0.05, 0) is 62.3 Å². The molecule has 3 aliphatic rings. The third-order valence-corrected chi connectivity index (χ3v) is 8.90. The van der Waals surface area contributed by atoms with Crippen molar-refractivity contribution in [2.45, 2.75) is 77.2 Å². The number of aromatic nitrogens is 2. The van der Waals surface area contributed by atoms with Gasteiger partial charge in [-0.3, -0.25) is 14.4 Å². The summed E-state index contributed by atoms with van der Waals surface area (Å²) in [5.74, 6) is -1.10. The highest BCUT2D eigenvalue weighted by Crippen LogP contribution is 2.47. The predicted molar refractivity (Wildman–Crippen MR) is 138 cm³/mol. The number of hydrogen-bond acceptors (Lipinski definition) is 6.